The van der Waals surface area contributed by atoms with Gasteiger partial charge < -0.3 is 14.3 Å². The van der Waals surface area contributed by atoms with E-state index in [9.17, 15) is 0 Å². The molecule has 4 nitrogen and oxygen atoms in total. The quantitative estimate of drug-likeness (QED) is 0.180. The van der Waals surface area contributed by atoms with Gasteiger partial charge in [-0.3, -0.25) is 0 Å². The van der Waals surface area contributed by atoms with Crippen molar-refractivity contribution in [2.45, 2.75) is 26.2 Å². The Kier molecular flexibility index (Phi) is 7.18. The zero-order chi connectivity index (χ0) is 37.5. The molecule has 56 heavy (non-hydrogen) atoms. The van der Waals surface area contributed by atoms with Crippen LogP contribution in [0.3, 0.4) is 0 Å². The van der Waals surface area contributed by atoms with Gasteiger partial charge in [-0.25, -0.2) is 4.98 Å². The highest BCUT2D eigenvalue weighted by molar-refractivity contribution is 6.74. The Bertz CT molecular complexity index is 3150. The molecule has 1 aliphatic rings. The number of fused-ring (bicyclic) bond motifs is 7. The molecule has 0 fully saturated rings. The van der Waals surface area contributed by atoms with Crippen molar-refractivity contribution in [3.63, 3.8) is 0 Å². The van der Waals surface area contributed by atoms with E-state index < -0.39 is 0 Å². The Balaban J connectivity index is 1.21. The van der Waals surface area contributed by atoms with Crippen LogP contribution in [0.4, 0.5) is 11.4 Å². The second kappa shape index (κ2) is 12.3. The molecule has 0 unspecified atom stereocenters. The summed E-state index contributed by atoms with van der Waals surface area (Å²) in [5.41, 5.74) is 17.1. The van der Waals surface area contributed by atoms with E-state index in [1.807, 2.05) is 18.2 Å². The molecule has 3 heterocycles. The average Bonchev–Trinajstić information content (AvgIpc) is 3.80. The minimum Gasteiger partial charge on any atom is -0.436 e. The molecule has 1 N–H and O–H groups in total. The maximum atomic E-state index is 6.51. The monoisotopic (exact) mass is 719 g/mol. The lowest BCUT2D eigenvalue weighted by Gasteiger charge is -2.25. The third kappa shape index (κ3) is 5.19. The Morgan fingerprint density at radius 3 is 2.05 bits per heavy atom. The van der Waals surface area contributed by atoms with Crippen molar-refractivity contribution in [1.29, 1.82) is 0 Å². The van der Waals surface area contributed by atoms with Crippen molar-refractivity contribution >= 4 is 73.3 Å². The van der Waals surface area contributed by atoms with Gasteiger partial charge >= 0.3 is 0 Å². The van der Waals surface area contributed by atoms with Gasteiger partial charge in [-0.05, 0) is 98.5 Å². The third-order valence-electron chi connectivity index (χ3n) is 11.6. The number of nitrogens with zero attached hydrogens (tertiary/aromatic N) is 2. The predicted molar refractivity (Wildman–Crippen MR) is 237 cm³/mol. The molecule has 1 aliphatic heterocycles. The minimum atomic E-state index is 0.0869. The number of aromatic nitrogens is 2. The first-order valence-corrected chi connectivity index (χ1v) is 19.4. The van der Waals surface area contributed by atoms with Gasteiger partial charge in [-0.2, -0.15) is 0 Å². The second-order valence-corrected chi connectivity index (χ2v) is 16.1. The molecular formula is C51H38BN3O. The van der Waals surface area contributed by atoms with E-state index in [1.165, 1.54) is 71.3 Å². The highest BCUT2D eigenvalue weighted by Crippen LogP contribution is 2.44. The topological polar surface area (TPSA) is 43.0 Å². The normalized spacial score (nSPS) is 12.3. The highest BCUT2D eigenvalue weighted by Gasteiger charge is 2.30. The van der Waals surface area contributed by atoms with Gasteiger partial charge in [0.15, 0.2) is 12.9 Å². The Labute approximate surface area is 326 Å². The van der Waals surface area contributed by atoms with Gasteiger partial charge in [0.1, 0.15) is 5.52 Å². The number of hydrogen-bond donors (Lipinski definition) is 1. The molecule has 10 aromatic rings. The van der Waals surface area contributed by atoms with Crippen LogP contribution in [0.1, 0.15) is 26.3 Å². The summed E-state index contributed by atoms with van der Waals surface area (Å²) in [5, 5.41) is 8.78. The summed E-state index contributed by atoms with van der Waals surface area (Å²) in [5.74, 6) is 0.636. The van der Waals surface area contributed by atoms with E-state index in [-0.39, 0.29) is 5.41 Å². The summed E-state index contributed by atoms with van der Waals surface area (Å²) in [4.78, 5) is 5.02. The molecule has 5 heteroatoms. The number of para-hydroxylation sites is 1. The highest BCUT2D eigenvalue weighted by atomic mass is 16.3. The zero-order valence-corrected chi connectivity index (χ0v) is 31.6. The lowest BCUT2D eigenvalue weighted by molar-refractivity contribution is 0.590. The van der Waals surface area contributed by atoms with Crippen molar-refractivity contribution in [2.75, 3.05) is 5.32 Å². The van der Waals surface area contributed by atoms with E-state index >= 15 is 0 Å². The lowest BCUT2D eigenvalue weighted by Crippen LogP contribution is -2.37. The van der Waals surface area contributed by atoms with E-state index in [4.69, 9.17) is 9.40 Å². The van der Waals surface area contributed by atoms with Crippen molar-refractivity contribution in [3.8, 4) is 39.4 Å². The number of rotatable bonds is 5. The number of benzene rings is 8. The van der Waals surface area contributed by atoms with E-state index in [0.29, 0.717) is 5.89 Å². The molecule has 0 spiro atoms. The second-order valence-electron chi connectivity index (χ2n) is 16.1. The lowest BCUT2D eigenvalue weighted by atomic mass is 9.58. The fourth-order valence-corrected chi connectivity index (χ4v) is 8.76. The van der Waals surface area contributed by atoms with Gasteiger partial charge in [0.25, 0.3) is 0 Å². The van der Waals surface area contributed by atoms with E-state index in [1.54, 1.807) is 0 Å². The fraction of sp³-hybridized carbons (Fsp3) is 0.0784. The van der Waals surface area contributed by atoms with Crippen LogP contribution < -0.4 is 16.2 Å². The summed E-state index contributed by atoms with van der Waals surface area (Å²) >= 11 is 0. The minimum absolute atomic E-state index is 0.0869. The molecule has 0 amide bonds. The van der Waals surface area contributed by atoms with Gasteiger partial charge in [-0.1, -0.05) is 129 Å². The van der Waals surface area contributed by atoms with Crippen LogP contribution >= 0.6 is 0 Å². The molecular weight excluding hydrogens is 681 g/mol. The van der Waals surface area contributed by atoms with E-state index in [0.717, 1.165) is 41.0 Å². The number of oxazole rings is 1. The summed E-state index contributed by atoms with van der Waals surface area (Å²) in [6.45, 7) is 6.77. The van der Waals surface area contributed by atoms with Crippen LogP contribution in [0.5, 0.6) is 0 Å². The summed E-state index contributed by atoms with van der Waals surface area (Å²) in [6.07, 6.45) is 0. The van der Waals surface area contributed by atoms with Crippen LogP contribution in [-0.2, 0) is 5.41 Å². The largest absolute Gasteiger partial charge is 0.436 e. The van der Waals surface area contributed by atoms with Gasteiger partial charge in [-0.15, -0.1) is 0 Å². The molecule has 0 radical (unpaired) electrons. The van der Waals surface area contributed by atoms with Crippen LogP contribution in [0.15, 0.2) is 168 Å². The summed E-state index contributed by atoms with van der Waals surface area (Å²) in [7, 11) is 0.754. The Morgan fingerprint density at radius 2 is 1.30 bits per heavy atom. The molecule has 0 saturated heterocycles. The molecule has 0 saturated carbocycles. The van der Waals surface area contributed by atoms with Gasteiger partial charge in [0.2, 0.25) is 5.89 Å². The van der Waals surface area contributed by atoms with Crippen molar-refractivity contribution in [1.82, 2.24) is 9.55 Å². The first-order valence-electron chi connectivity index (χ1n) is 19.4. The average molecular weight is 720 g/mol. The number of hydrogen-bond acceptors (Lipinski definition) is 3. The first kappa shape index (κ1) is 32.6. The van der Waals surface area contributed by atoms with Crippen LogP contribution in [0, 0.1) is 0 Å². The molecule has 11 rings (SSSR count). The molecule has 0 bridgehead atoms. The number of anilines is 2. The predicted octanol–water partition coefficient (Wildman–Crippen LogP) is 11.8. The van der Waals surface area contributed by atoms with Crippen molar-refractivity contribution in [2.24, 2.45) is 0 Å². The van der Waals surface area contributed by atoms with Crippen LogP contribution in [0.2, 0.25) is 0 Å². The number of nitrogens with one attached hydrogen (secondary N) is 1. The fourth-order valence-electron chi connectivity index (χ4n) is 8.76. The summed E-state index contributed by atoms with van der Waals surface area (Å²) in [6, 6.07) is 59.1. The Morgan fingerprint density at radius 1 is 0.625 bits per heavy atom. The standard InChI is InChI=1S/C51H38BN3O/c1-51(2,3)35-22-24-36(25-23-35)53-42-21-13-12-20-37(42)39-28-38(31-14-6-4-7-15-31)47-40-26-33-18-10-11-19-34(33)27-44(40)55-45-30-46-43(29-41(45)52-48(39)49(47)55)54-50(56-46)32-16-8-5-9-17-32/h4-30,52-53H,1-3H3. The molecule has 0 atom stereocenters. The van der Waals surface area contributed by atoms with E-state index in [2.05, 4.69) is 176 Å². The molecule has 0 aliphatic carbocycles. The summed E-state index contributed by atoms with van der Waals surface area (Å²) < 4.78 is 9.02. The van der Waals surface area contributed by atoms with Crippen molar-refractivity contribution < 1.29 is 4.42 Å². The van der Waals surface area contributed by atoms with Crippen molar-refractivity contribution in [3.05, 3.63) is 169 Å². The maximum absolute atomic E-state index is 6.51. The van der Waals surface area contributed by atoms with Crippen LogP contribution in [-0.4, -0.2) is 16.8 Å². The first-order chi connectivity index (χ1) is 27.4. The Hall–Kier alpha value is -6.85. The third-order valence-corrected chi connectivity index (χ3v) is 11.6. The molecule has 266 valence electrons. The SMILES string of the molecule is CC(C)(C)c1ccc(Nc2ccccc2-c2cc(-c3ccccc3)c3c4cc5ccccc5cc4n4c3c2Bc2cc3nc(-c5ccccc5)oc3cc2-4)cc1. The van der Waals surface area contributed by atoms with Crippen LogP contribution in [0.25, 0.3) is 83.1 Å². The molecule has 8 aromatic carbocycles. The maximum Gasteiger partial charge on any atom is 0.227 e. The molecule has 2 aromatic heterocycles. The zero-order valence-electron chi connectivity index (χ0n) is 31.6. The smallest absolute Gasteiger partial charge is 0.227 e. The van der Waals surface area contributed by atoms with Gasteiger partial charge in [0.05, 0.1) is 5.52 Å². The van der Waals surface area contributed by atoms with Gasteiger partial charge in [0, 0.05) is 50.5 Å².